The molecule has 0 rings (SSSR count). The smallest absolute Gasteiger partial charge is 0.475 e. The summed E-state index contributed by atoms with van der Waals surface area (Å²) in [6.45, 7) is 5.69. The number of amides is 1. The second kappa shape index (κ2) is 12.4. The van der Waals surface area contributed by atoms with Crippen molar-refractivity contribution in [3.63, 3.8) is 0 Å². The van der Waals surface area contributed by atoms with E-state index in [-0.39, 0.29) is 5.91 Å². The van der Waals surface area contributed by atoms with Gasteiger partial charge in [-0.2, -0.15) is 0 Å². The summed E-state index contributed by atoms with van der Waals surface area (Å²) in [7, 11) is -0.0239. The third-order valence-corrected chi connectivity index (χ3v) is 3.90. The summed E-state index contributed by atoms with van der Waals surface area (Å²) in [6.07, 6.45) is 3.86. The zero-order chi connectivity index (χ0) is 15.2. The Morgan fingerprint density at radius 1 is 1.15 bits per heavy atom. The molecule has 0 radical (unpaired) electrons. The first-order valence-corrected chi connectivity index (χ1v) is 8.03. The molecule has 1 amide bonds. The Hall–Kier alpha value is -1.63. The van der Waals surface area contributed by atoms with E-state index < -0.39 is 14.9 Å². The van der Waals surface area contributed by atoms with E-state index >= 15 is 0 Å². The predicted octanol–water partition coefficient (Wildman–Crippen LogP) is 0.557. The Morgan fingerprint density at radius 2 is 1.80 bits per heavy atom. The lowest BCUT2D eigenvalue weighted by atomic mass is 10.3. The fraction of sp³-hybridized carbons (Fsp3) is 0.615. The fourth-order valence-corrected chi connectivity index (χ4v) is 2.58. The van der Waals surface area contributed by atoms with Crippen molar-refractivity contribution >= 4 is 26.4 Å². The van der Waals surface area contributed by atoms with Gasteiger partial charge in [-0.05, 0) is 32.4 Å². The van der Waals surface area contributed by atoms with E-state index in [1.54, 1.807) is 0 Å². The maximum Gasteiger partial charge on any atom is 0.475 e. The molecule has 20 heavy (non-hydrogen) atoms. The van der Waals surface area contributed by atoms with Crippen molar-refractivity contribution in [2.45, 2.75) is 26.7 Å². The van der Waals surface area contributed by atoms with E-state index in [2.05, 4.69) is 10.1 Å². The minimum absolute atomic E-state index is 0.310. The van der Waals surface area contributed by atoms with Gasteiger partial charge in [0.05, 0.1) is 20.3 Å². The van der Waals surface area contributed by atoms with Crippen LogP contribution in [0.1, 0.15) is 26.7 Å². The maximum atomic E-state index is 11.3. The Kier molecular flexibility index (Phi) is 11.4. The van der Waals surface area contributed by atoms with Crippen molar-refractivity contribution in [3.8, 4) is 0 Å². The molecule has 0 aromatic heterocycles. The Bertz CT molecular complexity index is 347. The van der Waals surface area contributed by atoms with Crippen molar-refractivity contribution in [1.29, 1.82) is 0 Å². The average Bonchev–Trinajstić information content (AvgIpc) is 2.44. The molecule has 6 nitrogen and oxygen atoms in total. The van der Waals surface area contributed by atoms with Gasteiger partial charge < -0.3 is 18.9 Å². The third kappa shape index (κ3) is 10.3. The van der Waals surface area contributed by atoms with Crippen molar-refractivity contribution in [1.82, 2.24) is 5.32 Å². The summed E-state index contributed by atoms with van der Waals surface area (Å²) < 4.78 is 15.3. The van der Waals surface area contributed by atoms with Gasteiger partial charge in [-0.25, -0.2) is 4.79 Å². The van der Waals surface area contributed by atoms with E-state index in [4.69, 9.17) is 8.85 Å². The van der Waals surface area contributed by atoms with Gasteiger partial charge >= 0.3 is 14.9 Å². The third-order valence-electron chi connectivity index (χ3n) is 2.14. The molecule has 0 aromatic carbocycles. The number of hydrogen-bond acceptors (Lipinski definition) is 5. The van der Waals surface area contributed by atoms with E-state index in [9.17, 15) is 9.59 Å². The highest BCUT2D eigenvalue weighted by Crippen LogP contribution is 1.87. The summed E-state index contributed by atoms with van der Waals surface area (Å²) in [4.78, 5) is 22.1. The molecule has 0 heterocycles. The van der Waals surface area contributed by atoms with Crippen LogP contribution in [0, 0.1) is 0 Å². The molecular weight excluding hydrogens is 278 g/mol. The molecule has 0 saturated heterocycles. The fourth-order valence-electron chi connectivity index (χ4n) is 1.25. The van der Waals surface area contributed by atoms with Crippen LogP contribution in [0.25, 0.3) is 0 Å². The standard InChI is InChI=1S/C13H23NO5Si/c1-4-18-20(19-5-2)11-7-6-10-14-12(15)8-9-13(16)17-3/h8-9,11H,4-7,10H2,1-3H3,(H,14,15)/b9-8+. The largest absolute Gasteiger partial charge is 0.524 e. The van der Waals surface area contributed by atoms with Crippen LogP contribution >= 0.6 is 0 Å². The number of ether oxygens (including phenoxy) is 1. The van der Waals surface area contributed by atoms with Crippen molar-refractivity contribution in [2.75, 3.05) is 26.9 Å². The van der Waals surface area contributed by atoms with Crippen LogP contribution in [0.5, 0.6) is 0 Å². The highest BCUT2D eigenvalue weighted by Gasteiger charge is 2.01. The molecule has 1 N–H and O–H groups in total. The molecule has 7 heteroatoms. The number of carbonyl (C=O) groups excluding carboxylic acids is 2. The first-order valence-electron chi connectivity index (χ1n) is 6.63. The zero-order valence-electron chi connectivity index (χ0n) is 12.3. The number of unbranched alkanes of at least 4 members (excludes halogenated alkanes) is 1. The lowest BCUT2D eigenvalue weighted by Crippen LogP contribution is -2.23. The predicted molar refractivity (Wildman–Crippen MR) is 78.5 cm³/mol. The van der Waals surface area contributed by atoms with Crippen LogP contribution < -0.4 is 5.32 Å². The molecule has 0 spiro atoms. The lowest BCUT2D eigenvalue weighted by molar-refractivity contribution is -0.135. The van der Waals surface area contributed by atoms with Gasteiger partial charge in [-0.15, -0.1) is 0 Å². The summed E-state index contributed by atoms with van der Waals surface area (Å²) in [5.74, 6) is -0.857. The summed E-state index contributed by atoms with van der Waals surface area (Å²) in [6, 6.07) is 0. The maximum absolute atomic E-state index is 11.3. The Balaban J connectivity index is 3.84. The van der Waals surface area contributed by atoms with E-state index in [1.165, 1.54) is 7.11 Å². The first kappa shape index (κ1) is 18.4. The van der Waals surface area contributed by atoms with E-state index in [1.807, 2.05) is 19.5 Å². The summed E-state index contributed by atoms with van der Waals surface area (Å²) in [5.41, 5.74) is 2.04. The number of nitrogens with one attached hydrogen (secondary N) is 1. The van der Waals surface area contributed by atoms with E-state index in [0.717, 1.165) is 25.0 Å². The number of methoxy groups -OCH3 is 1. The molecular formula is C13H23NO5Si. The molecule has 0 aliphatic carbocycles. The van der Waals surface area contributed by atoms with Crippen LogP contribution in [0.15, 0.2) is 12.2 Å². The first-order chi connectivity index (χ1) is 9.63. The summed E-state index contributed by atoms with van der Waals surface area (Å²) in [5, 5.41) is 2.68. The second-order valence-electron chi connectivity index (χ2n) is 3.68. The number of rotatable bonds is 10. The Labute approximate surface area is 121 Å². The normalized spacial score (nSPS) is 9.95. The van der Waals surface area contributed by atoms with Crippen LogP contribution in [0.2, 0.25) is 0 Å². The SMILES string of the molecule is CCO[Si](=CCCCNC(=O)/C=C/C(=O)OC)OCC. The van der Waals surface area contributed by atoms with Crippen LogP contribution in [-0.2, 0) is 23.2 Å². The van der Waals surface area contributed by atoms with E-state index in [0.29, 0.717) is 19.8 Å². The summed E-state index contributed by atoms with van der Waals surface area (Å²) >= 11 is 0. The molecule has 0 bridgehead atoms. The molecule has 0 aliphatic heterocycles. The van der Waals surface area contributed by atoms with Crippen molar-refractivity contribution < 1.29 is 23.2 Å². The van der Waals surface area contributed by atoms with Gasteiger partial charge in [0.25, 0.3) is 0 Å². The van der Waals surface area contributed by atoms with Gasteiger partial charge in [0.2, 0.25) is 5.91 Å². The van der Waals surface area contributed by atoms with Gasteiger partial charge in [-0.3, -0.25) is 4.79 Å². The van der Waals surface area contributed by atoms with Crippen LogP contribution in [0.4, 0.5) is 0 Å². The lowest BCUT2D eigenvalue weighted by Gasteiger charge is -2.07. The molecule has 0 fully saturated rings. The monoisotopic (exact) mass is 301 g/mol. The Morgan fingerprint density at radius 3 is 2.35 bits per heavy atom. The second-order valence-corrected chi connectivity index (χ2v) is 5.30. The topological polar surface area (TPSA) is 73.9 Å². The number of esters is 1. The molecule has 0 atom stereocenters. The quantitative estimate of drug-likeness (QED) is 0.276. The van der Waals surface area contributed by atoms with Crippen LogP contribution in [-0.4, -0.2) is 53.3 Å². The minimum atomic E-state index is -1.28. The van der Waals surface area contributed by atoms with Crippen molar-refractivity contribution in [3.05, 3.63) is 12.2 Å². The minimum Gasteiger partial charge on any atom is -0.524 e. The molecule has 0 saturated carbocycles. The molecule has 0 unspecified atom stereocenters. The van der Waals surface area contributed by atoms with Crippen molar-refractivity contribution in [2.24, 2.45) is 0 Å². The van der Waals surface area contributed by atoms with Crippen LogP contribution in [0.3, 0.4) is 0 Å². The zero-order valence-corrected chi connectivity index (χ0v) is 13.3. The molecule has 0 aliphatic rings. The van der Waals surface area contributed by atoms with Gasteiger partial charge in [-0.1, -0.05) is 0 Å². The molecule has 0 aromatic rings. The van der Waals surface area contributed by atoms with Gasteiger partial charge in [0.15, 0.2) is 0 Å². The average molecular weight is 301 g/mol. The van der Waals surface area contributed by atoms with Gasteiger partial charge in [0.1, 0.15) is 0 Å². The highest BCUT2D eigenvalue weighted by atomic mass is 28.3. The highest BCUT2D eigenvalue weighted by molar-refractivity contribution is 6.54. The number of hydrogen-bond donors (Lipinski definition) is 1. The van der Waals surface area contributed by atoms with Gasteiger partial charge in [0, 0.05) is 18.7 Å². The molecule has 114 valence electrons. The number of carbonyl (C=O) groups is 2.